The van der Waals surface area contributed by atoms with Crippen molar-refractivity contribution in [1.82, 2.24) is 10.6 Å². The van der Waals surface area contributed by atoms with Gasteiger partial charge in [-0.2, -0.15) is 0 Å². The first-order valence-corrected chi connectivity index (χ1v) is 8.69. The van der Waals surface area contributed by atoms with Crippen LogP contribution in [0.4, 0.5) is 11.4 Å². The number of hydrogen-bond acceptors (Lipinski definition) is 4. The van der Waals surface area contributed by atoms with Gasteiger partial charge < -0.3 is 20.7 Å². The highest BCUT2D eigenvalue weighted by atomic mass is 16.5. The third-order valence-electron chi connectivity index (χ3n) is 4.64. The zero-order valence-corrected chi connectivity index (χ0v) is 14.7. The topological polar surface area (TPSA) is 62.4 Å². The smallest absolute Gasteiger partial charge is 0.253 e. The minimum absolute atomic E-state index is 0.0321. The summed E-state index contributed by atoms with van der Waals surface area (Å²) in [6.07, 6.45) is 0.959. The van der Waals surface area contributed by atoms with Gasteiger partial charge in [-0.15, -0.1) is 0 Å². The molecule has 5 nitrogen and oxygen atoms in total. The van der Waals surface area contributed by atoms with Crippen LogP contribution in [0.15, 0.2) is 48.5 Å². The van der Waals surface area contributed by atoms with Gasteiger partial charge in [-0.3, -0.25) is 4.79 Å². The number of nitrogens with one attached hydrogen (secondary N) is 3. The summed E-state index contributed by atoms with van der Waals surface area (Å²) in [5, 5.41) is 9.87. The minimum Gasteiger partial charge on any atom is -0.497 e. The van der Waals surface area contributed by atoms with E-state index >= 15 is 0 Å². The zero-order chi connectivity index (χ0) is 17.6. The molecule has 0 aliphatic carbocycles. The highest BCUT2D eigenvalue weighted by Crippen LogP contribution is 2.23. The lowest BCUT2D eigenvalue weighted by atomic mass is 9.95. The Morgan fingerprint density at radius 3 is 2.64 bits per heavy atom. The number of hydrogen-bond donors (Lipinski definition) is 3. The molecular formula is C20H25N3O2. The van der Waals surface area contributed by atoms with Crippen molar-refractivity contribution in [2.24, 2.45) is 5.92 Å². The van der Waals surface area contributed by atoms with Gasteiger partial charge in [0.2, 0.25) is 0 Å². The number of anilines is 2. The SMILES string of the molecule is COc1ccc(Nc2ccccc2C(=O)NC2CCNCC2C)cc1. The average molecular weight is 339 g/mol. The minimum atomic E-state index is -0.0321. The van der Waals surface area contributed by atoms with Crippen molar-refractivity contribution in [3.63, 3.8) is 0 Å². The van der Waals surface area contributed by atoms with E-state index in [9.17, 15) is 4.79 Å². The van der Waals surface area contributed by atoms with Crippen LogP contribution in [0.1, 0.15) is 23.7 Å². The van der Waals surface area contributed by atoms with Gasteiger partial charge in [0.15, 0.2) is 0 Å². The monoisotopic (exact) mass is 339 g/mol. The fourth-order valence-corrected chi connectivity index (χ4v) is 3.09. The van der Waals surface area contributed by atoms with E-state index in [2.05, 4.69) is 22.9 Å². The molecule has 2 unspecified atom stereocenters. The highest BCUT2D eigenvalue weighted by Gasteiger charge is 2.23. The van der Waals surface area contributed by atoms with E-state index in [1.54, 1.807) is 7.11 Å². The Morgan fingerprint density at radius 2 is 1.92 bits per heavy atom. The molecule has 25 heavy (non-hydrogen) atoms. The van der Waals surface area contributed by atoms with Gasteiger partial charge in [0.1, 0.15) is 5.75 Å². The largest absolute Gasteiger partial charge is 0.497 e. The molecule has 1 saturated heterocycles. The lowest BCUT2D eigenvalue weighted by molar-refractivity contribution is 0.0915. The molecule has 1 amide bonds. The first-order valence-electron chi connectivity index (χ1n) is 8.69. The molecule has 2 aromatic rings. The van der Waals surface area contributed by atoms with Crippen molar-refractivity contribution >= 4 is 17.3 Å². The van der Waals surface area contributed by atoms with Crippen molar-refractivity contribution in [2.45, 2.75) is 19.4 Å². The number of methoxy groups -OCH3 is 1. The molecule has 1 fully saturated rings. The summed E-state index contributed by atoms with van der Waals surface area (Å²) >= 11 is 0. The van der Waals surface area contributed by atoms with E-state index in [4.69, 9.17) is 4.74 Å². The van der Waals surface area contributed by atoms with E-state index in [1.165, 1.54) is 0 Å². The van der Waals surface area contributed by atoms with Gasteiger partial charge in [0.25, 0.3) is 5.91 Å². The molecule has 0 radical (unpaired) electrons. The van der Waals surface area contributed by atoms with Crippen molar-refractivity contribution < 1.29 is 9.53 Å². The van der Waals surface area contributed by atoms with Crippen LogP contribution in [-0.2, 0) is 0 Å². The number of carbonyl (C=O) groups is 1. The number of piperidine rings is 1. The molecule has 2 atom stereocenters. The third kappa shape index (κ3) is 4.31. The van der Waals surface area contributed by atoms with Gasteiger partial charge in [0, 0.05) is 11.7 Å². The predicted molar refractivity (Wildman–Crippen MR) is 101 cm³/mol. The van der Waals surface area contributed by atoms with Crippen LogP contribution in [0.5, 0.6) is 5.75 Å². The zero-order valence-electron chi connectivity index (χ0n) is 14.7. The van der Waals surface area contributed by atoms with E-state index in [0.717, 1.165) is 36.6 Å². The lowest BCUT2D eigenvalue weighted by Gasteiger charge is -2.30. The molecule has 1 aliphatic heterocycles. The van der Waals surface area contributed by atoms with Crippen molar-refractivity contribution in [1.29, 1.82) is 0 Å². The number of benzene rings is 2. The van der Waals surface area contributed by atoms with Gasteiger partial charge >= 0.3 is 0 Å². The van der Waals surface area contributed by atoms with E-state index in [0.29, 0.717) is 11.5 Å². The fraction of sp³-hybridized carbons (Fsp3) is 0.350. The van der Waals surface area contributed by atoms with Crippen LogP contribution in [0, 0.1) is 5.92 Å². The van der Waals surface area contributed by atoms with Gasteiger partial charge in [-0.25, -0.2) is 0 Å². The maximum atomic E-state index is 12.8. The lowest BCUT2D eigenvalue weighted by Crippen LogP contribution is -2.48. The molecule has 2 aromatic carbocycles. The quantitative estimate of drug-likeness (QED) is 0.783. The van der Waals surface area contributed by atoms with Crippen LogP contribution >= 0.6 is 0 Å². The fourth-order valence-electron chi connectivity index (χ4n) is 3.09. The predicted octanol–water partition coefficient (Wildman–Crippen LogP) is 3.17. The first-order chi connectivity index (χ1) is 12.2. The Labute approximate surface area is 148 Å². The molecule has 0 bridgehead atoms. The first kappa shape index (κ1) is 17.3. The van der Waals surface area contributed by atoms with Crippen LogP contribution in [0.2, 0.25) is 0 Å². The van der Waals surface area contributed by atoms with E-state index < -0.39 is 0 Å². The molecular weight excluding hydrogens is 314 g/mol. The summed E-state index contributed by atoms with van der Waals surface area (Å²) in [4.78, 5) is 12.8. The van der Waals surface area contributed by atoms with Gasteiger partial charge in [-0.05, 0) is 61.8 Å². The Balaban J connectivity index is 1.74. The summed E-state index contributed by atoms with van der Waals surface area (Å²) in [6, 6.07) is 15.4. The Morgan fingerprint density at radius 1 is 1.16 bits per heavy atom. The van der Waals surface area contributed by atoms with Gasteiger partial charge in [0.05, 0.1) is 18.4 Å². The van der Waals surface area contributed by atoms with Crippen molar-refractivity contribution in [3.8, 4) is 5.75 Å². The number of carbonyl (C=O) groups excluding carboxylic acids is 1. The summed E-state index contributed by atoms with van der Waals surface area (Å²) in [5.74, 6) is 1.20. The molecule has 1 heterocycles. The Bertz CT molecular complexity index is 715. The molecule has 0 saturated carbocycles. The highest BCUT2D eigenvalue weighted by molar-refractivity contribution is 6.00. The van der Waals surface area contributed by atoms with Crippen molar-refractivity contribution in [3.05, 3.63) is 54.1 Å². The molecule has 5 heteroatoms. The van der Waals surface area contributed by atoms with E-state index in [-0.39, 0.29) is 11.9 Å². The summed E-state index contributed by atoms with van der Waals surface area (Å²) in [5.41, 5.74) is 2.37. The number of para-hydroxylation sites is 1. The second kappa shape index (κ2) is 8.03. The molecule has 3 rings (SSSR count). The second-order valence-corrected chi connectivity index (χ2v) is 6.45. The van der Waals surface area contributed by atoms with Crippen LogP contribution in [0.25, 0.3) is 0 Å². The number of amides is 1. The maximum absolute atomic E-state index is 12.8. The summed E-state index contributed by atoms with van der Waals surface area (Å²) < 4.78 is 5.18. The Hall–Kier alpha value is -2.53. The standard InChI is InChI=1S/C20H25N3O2/c1-14-13-21-12-11-18(14)23-20(24)17-5-3-4-6-19(17)22-15-7-9-16(25-2)10-8-15/h3-10,14,18,21-22H,11-13H2,1-2H3,(H,23,24). The second-order valence-electron chi connectivity index (χ2n) is 6.45. The maximum Gasteiger partial charge on any atom is 0.253 e. The molecule has 0 spiro atoms. The van der Waals surface area contributed by atoms with Crippen molar-refractivity contribution in [2.75, 3.05) is 25.5 Å². The van der Waals surface area contributed by atoms with Gasteiger partial charge in [-0.1, -0.05) is 19.1 Å². The van der Waals surface area contributed by atoms with Crippen LogP contribution < -0.4 is 20.7 Å². The number of rotatable bonds is 5. The van der Waals surface area contributed by atoms with Crippen LogP contribution in [-0.4, -0.2) is 32.1 Å². The summed E-state index contributed by atoms with van der Waals surface area (Å²) in [7, 11) is 1.64. The Kier molecular flexibility index (Phi) is 5.56. The molecule has 1 aliphatic rings. The normalized spacial score (nSPS) is 19.9. The summed E-state index contributed by atoms with van der Waals surface area (Å²) in [6.45, 7) is 4.05. The molecule has 132 valence electrons. The molecule has 3 N–H and O–H groups in total. The van der Waals surface area contributed by atoms with Crippen LogP contribution in [0.3, 0.4) is 0 Å². The molecule has 0 aromatic heterocycles. The average Bonchev–Trinajstić information content (AvgIpc) is 2.64. The van der Waals surface area contributed by atoms with E-state index in [1.807, 2.05) is 48.5 Å². The third-order valence-corrected chi connectivity index (χ3v) is 4.64. The number of ether oxygens (including phenoxy) is 1.